The Morgan fingerprint density at radius 2 is 1.92 bits per heavy atom. The van der Waals surface area contributed by atoms with Gasteiger partial charge in [-0.1, -0.05) is 34.1 Å². The van der Waals surface area contributed by atoms with E-state index in [-0.39, 0.29) is 0 Å². The van der Waals surface area contributed by atoms with Crippen molar-refractivity contribution in [3.05, 3.63) is 34.3 Å². The van der Waals surface area contributed by atoms with Crippen LogP contribution in [-0.2, 0) is 10.2 Å². The van der Waals surface area contributed by atoms with Crippen LogP contribution in [0.1, 0.15) is 19.4 Å². The molecule has 0 heterocycles. The quantitative estimate of drug-likeness (QED) is 0.867. The topological polar surface area (TPSA) is 37.3 Å². The zero-order valence-corrected chi connectivity index (χ0v) is 9.13. The van der Waals surface area contributed by atoms with Crippen LogP contribution in [0.15, 0.2) is 28.7 Å². The van der Waals surface area contributed by atoms with Crippen molar-refractivity contribution in [2.45, 2.75) is 19.3 Å². The Kier molecular flexibility index (Phi) is 2.76. The van der Waals surface area contributed by atoms with Crippen LogP contribution in [0.25, 0.3) is 0 Å². The maximum absolute atomic E-state index is 11.0. The number of carboxylic acid groups (broad SMARTS) is 1. The molecule has 0 fully saturated rings. The molecule has 0 aliphatic rings. The van der Waals surface area contributed by atoms with Gasteiger partial charge in [-0.05, 0) is 25.5 Å². The number of halogens is 1. The Balaban J connectivity index is 3.22. The molecule has 0 aliphatic carbocycles. The van der Waals surface area contributed by atoms with Crippen LogP contribution in [-0.4, -0.2) is 11.1 Å². The second-order valence-electron chi connectivity index (χ2n) is 3.41. The number of hydrogen-bond donors (Lipinski definition) is 1. The minimum Gasteiger partial charge on any atom is -0.481 e. The molecule has 0 aromatic heterocycles. The second kappa shape index (κ2) is 3.50. The average molecular weight is 243 g/mol. The molecule has 0 saturated heterocycles. The van der Waals surface area contributed by atoms with E-state index in [1.165, 1.54) is 0 Å². The summed E-state index contributed by atoms with van der Waals surface area (Å²) in [4.78, 5) is 11.0. The highest BCUT2D eigenvalue weighted by Crippen LogP contribution is 2.29. The molecule has 0 radical (unpaired) electrons. The van der Waals surface area contributed by atoms with E-state index < -0.39 is 11.4 Å². The lowest BCUT2D eigenvalue weighted by atomic mass is 9.85. The van der Waals surface area contributed by atoms with Gasteiger partial charge in [-0.15, -0.1) is 0 Å². The third kappa shape index (κ3) is 1.91. The molecule has 70 valence electrons. The highest BCUT2D eigenvalue weighted by Gasteiger charge is 2.30. The van der Waals surface area contributed by atoms with Crippen LogP contribution in [0, 0.1) is 0 Å². The van der Waals surface area contributed by atoms with Gasteiger partial charge in [0.05, 0.1) is 5.41 Å². The van der Waals surface area contributed by atoms with E-state index in [0.717, 1.165) is 10.0 Å². The molecule has 2 nitrogen and oxygen atoms in total. The minimum absolute atomic E-state index is 0.794. The van der Waals surface area contributed by atoms with Crippen LogP contribution in [0.2, 0.25) is 0 Å². The van der Waals surface area contributed by atoms with Gasteiger partial charge in [0, 0.05) is 4.47 Å². The molecule has 0 saturated carbocycles. The maximum Gasteiger partial charge on any atom is 0.313 e. The van der Waals surface area contributed by atoms with Gasteiger partial charge in [-0.2, -0.15) is 0 Å². The summed E-state index contributed by atoms with van der Waals surface area (Å²) >= 11 is 3.34. The zero-order chi connectivity index (χ0) is 10.1. The van der Waals surface area contributed by atoms with Crippen LogP contribution < -0.4 is 0 Å². The molecule has 3 heteroatoms. The van der Waals surface area contributed by atoms with Gasteiger partial charge in [0.2, 0.25) is 0 Å². The molecule has 1 rings (SSSR count). The Hall–Kier alpha value is -0.830. The summed E-state index contributed by atoms with van der Waals surface area (Å²) in [5, 5.41) is 9.00. The van der Waals surface area contributed by atoms with Crippen molar-refractivity contribution in [1.82, 2.24) is 0 Å². The third-order valence-electron chi connectivity index (χ3n) is 2.08. The molecule has 1 N–H and O–H groups in total. The van der Waals surface area contributed by atoms with E-state index in [2.05, 4.69) is 15.9 Å². The van der Waals surface area contributed by atoms with Crippen LogP contribution in [0.5, 0.6) is 0 Å². The van der Waals surface area contributed by atoms with Gasteiger partial charge in [0.25, 0.3) is 0 Å². The van der Waals surface area contributed by atoms with Crippen molar-refractivity contribution in [2.75, 3.05) is 0 Å². The number of rotatable bonds is 2. The van der Waals surface area contributed by atoms with E-state index in [1.54, 1.807) is 13.8 Å². The highest BCUT2D eigenvalue weighted by atomic mass is 79.9. The number of benzene rings is 1. The monoisotopic (exact) mass is 242 g/mol. The second-order valence-corrected chi connectivity index (χ2v) is 4.26. The zero-order valence-electron chi connectivity index (χ0n) is 7.54. The lowest BCUT2D eigenvalue weighted by Crippen LogP contribution is -2.28. The van der Waals surface area contributed by atoms with Gasteiger partial charge in [-0.25, -0.2) is 0 Å². The molecule has 1 aromatic carbocycles. The standard InChI is InChI=1S/C10H11BrO2/c1-10(2,9(12)13)7-5-3-4-6-8(7)11/h3-6H,1-2H3,(H,12,13). The molecular formula is C10H11BrO2. The normalized spacial score (nSPS) is 11.3. The van der Waals surface area contributed by atoms with Crippen molar-refractivity contribution < 1.29 is 9.90 Å². The first kappa shape index (κ1) is 10.3. The Labute approximate surface area is 85.7 Å². The third-order valence-corrected chi connectivity index (χ3v) is 2.77. The summed E-state index contributed by atoms with van der Waals surface area (Å²) in [6.07, 6.45) is 0. The minimum atomic E-state index is -0.847. The number of hydrogen-bond acceptors (Lipinski definition) is 1. The SMILES string of the molecule is CC(C)(C(=O)O)c1ccccc1Br. The molecule has 0 unspecified atom stereocenters. The van der Waals surface area contributed by atoms with Gasteiger partial charge < -0.3 is 5.11 Å². The van der Waals surface area contributed by atoms with E-state index in [4.69, 9.17) is 5.11 Å². The van der Waals surface area contributed by atoms with Crippen LogP contribution in [0.4, 0.5) is 0 Å². The van der Waals surface area contributed by atoms with Crippen molar-refractivity contribution >= 4 is 21.9 Å². The van der Waals surface area contributed by atoms with E-state index >= 15 is 0 Å². The maximum atomic E-state index is 11.0. The Bertz CT molecular complexity index is 331. The lowest BCUT2D eigenvalue weighted by Gasteiger charge is -2.20. The summed E-state index contributed by atoms with van der Waals surface area (Å²) in [5.41, 5.74) is -0.0531. The fraction of sp³-hybridized carbons (Fsp3) is 0.300. The molecule has 1 aromatic rings. The van der Waals surface area contributed by atoms with Crippen LogP contribution in [0.3, 0.4) is 0 Å². The van der Waals surface area contributed by atoms with Crippen molar-refractivity contribution in [3.8, 4) is 0 Å². The largest absolute Gasteiger partial charge is 0.481 e. The summed E-state index contributed by atoms with van der Waals surface area (Å²) < 4.78 is 0.836. The first-order valence-corrected chi connectivity index (χ1v) is 4.74. The highest BCUT2D eigenvalue weighted by molar-refractivity contribution is 9.10. The van der Waals surface area contributed by atoms with Crippen LogP contribution >= 0.6 is 15.9 Å². The first-order valence-electron chi connectivity index (χ1n) is 3.94. The Morgan fingerprint density at radius 3 is 2.38 bits per heavy atom. The summed E-state index contributed by atoms with van der Waals surface area (Å²) in [5.74, 6) is -0.820. The Morgan fingerprint density at radius 1 is 1.38 bits per heavy atom. The molecular weight excluding hydrogens is 232 g/mol. The molecule has 0 aliphatic heterocycles. The fourth-order valence-corrected chi connectivity index (χ4v) is 1.86. The summed E-state index contributed by atoms with van der Waals surface area (Å²) in [7, 11) is 0. The smallest absolute Gasteiger partial charge is 0.313 e. The van der Waals surface area contributed by atoms with Gasteiger partial charge in [0.1, 0.15) is 0 Å². The van der Waals surface area contributed by atoms with Crippen molar-refractivity contribution in [2.24, 2.45) is 0 Å². The van der Waals surface area contributed by atoms with Gasteiger partial charge in [-0.3, -0.25) is 4.79 Å². The first-order chi connectivity index (χ1) is 5.96. The molecule has 0 amide bonds. The number of aliphatic carboxylic acids is 1. The lowest BCUT2D eigenvalue weighted by molar-refractivity contribution is -0.142. The fourth-order valence-electron chi connectivity index (χ4n) is 1.08. The molecule has 13 heavy (non-hydrogen) atoms. The molecule has 0 atom stereocenters. The number of carboxylic acids is 1. The number of carbonyl (C=O) groups is 1. The van der Waals surface area contributed by atoms with Crippen molar-refractivity contribution in [1.29, 1.82) is 0 Å². The summed E-state index contributed by atoms with van der Waals surface area (Å²) in [6.45, 7) is 3.38. The van der Waals surface area contributed by atoms with Gasteiger partial charge >= 0.3 is 5.97 Å². The van der Waals surface area contributed by atoms with E-state index in [9.17, 15) is 4.79 Å². The average Bonchev–Trinajstić information content (AvgIpc) is 2.04. The van der Waals surface area contributed by atoms with E-state index in [0.29, 0.717) is 0 Å². The van der Waals surface area contributed by atoms with Gasteiger partial charge in [0.15, 0.2) is 0 Å². The predicted octanol–water partition coefficient (Wildman–Crippen LogP) is 2.81. The van der Waals surface area contributed by atoms with Crippen molar-refractivity contribution in [3.63, 3.8) is 0 Å². The summed E-state index contributed by atoms with van der Waals surface area (Å²) in [6, 6.07) is 7.37. The predicted molar refractivity (Wildman–Crippen MR) is 54.8 cm³/mol. The van der Waals surface area contributed by atoms with E-state index in [1.807, 2.05) is 24.3 Å². The molecule has 0 spiro atoms. The molecule has 0 bridgehead atoms.